The van der Waals surface area contributed by atoms with E-state index >= 15 is 0 Å². The van der Waals surface area contributed by atoms with Crippen molar-refractivity contribution in [3.63, 3.8) is 0 Å². The number of ether oxygens (including phenoxy) is 1. The fourth-order valence-corrected chi connectivity index (χ4v) is 4.19. The molecule has 192 valence electrons. The van der Waals surface area contributed by atoms with Gasteiger partial charge in [0.05, 0.1) is 23.4 Å². The molecule has 3 N–H and O–H groups in total. The summed E-state index contributed by atoms with van der Waals surface area (Å²) in [4.78, 5) is 38.5. The molecule has 2 unspecified atom stereocenters. The van der Waals surface area contributed by atoms with Gasteiger partial charge in [-0.25, -0.2) is 4.79 Å². The summed E-state index contributed by atoms with van der Waals surface area (Å²) < 4.78 is 5.10. The summed E-state index contributed by atoms with van der Waals surface area (Å²) in [5, 5.41) is 15.1. The number of nitrogens with one attached hydrogen (secondary N) is 2. The van der Waals surface area contributed by atoms with Crippen LogP contribution in [0.15, 0.2) is 54.6 Å². The van der Waals surface area contributed by atoms with Gasteiger partial charge in [0.15, 0.2) is 0 Å². The van der Waals surface area contributed by atoms with Crippen LogP contribution in [0.4, 0.5) is 16.2 Å². The number of aliphatic carboxylic acids is 1. The molecule has 2 amide bonds. The summed E-state index contributed by atoms with van der Waals surface area (Å²) in [5.41, 5.74) is 2.58. The van der Waals surface area contributed by atoms with E-state index in [-0.39, 0.29) is 23.5 Å². The number of carbonyl (C=O) groups excluding carboxylic acids is 2. The SMILES string of the molecule is CC(C)OC(=O)Nc1ccccc1NC(=O)C=Cc1ccc(C2CN(C(C)(C)C)CC2C(=O)O)cc1. The first-order valence-electron chi connectivity index (χ1n) is 12.1. The van der Waals surface area contributed by atoms with E-state index in [2.05, 4.69) is 36.3 Å². The number of rotatable bonds is 7. The van der Waals surface area contributed by atoms with Crippen molar-refractivity contribution in [2.45, 2.75) is 52.2 Å². The molecule has 1 aliphatic rings. The number of hydrogen-bond acceptors (Lipinski definition) is 5. The molecule has 1 saturated heterocycles. The molecule has 0 bridgehead atoms. The largest absolute Gasteiger partial charge is 0.481 e. The number of benzene rings is 2. The minimum Gasteiger partial charge on any atom is -0.481 e. The summed E-state index contributed by atoms with van der Waals surface area (Å²) in [6.45, 7) is 11.0. The van der Waals surface area contributed by atoms with Crippen molar-refractivity contribution in [1.82, 2.24) is 4.90 Å². The van der Waals surface area contributed by atoms with Crippen LogP contribution in [0, 0.1) is 5.92 Å². The van der Waals surface area contributed by atoms with Crippen LogP contribution in [-0.2, 0) is 14.3 Å². The number of para-hydroxylation sites is 2. The molecule has 0 saturated carbocycles. The Bertz CT molecular complexity index is 1120. The molecule has 0 radical (unpaired) electrons. The van der Waals surface area contributed by atoms with Crippen molar-refractivity contribution >= 4 is 35.4 Å². The van der Waals surface area contributed by atoms with Crippen LogP contribution in [0.5, 0.6) is 0 Å². The number of nitrogens with zero attached hydrogens (tertiary/aromatic N) is 1. The molecule has 8 nitrogen and oxygen atoms in total. The van der Waals surface area contributed by atoms with Crippen LogP contribution < -0.4 is 10.6 Å². The van der Waals surface area contributed by atoms with Crippen molar-refractivity contribution < 1.29 is 24.2 Å². The van der Waals surface area contributed by atoms with E-state index in [9.17, 15) is 19.5 Å². The lowest BCUT2D eigenvalue weighted by atomic mass is 9.88. The third kappa shape index (κ3) is 7.18. The molecule has 1 fully saturated rings. The van der Waals surface area contributed by atoms with Crippen LogP contribution in [-0.4, -0.2) is 52.7 Å². The molecule has 3 rings (SSSR count). The van der Waals surface area contributed by atoms with Crippen molar-refractivity contribution in [2.75, 3.05) is 23.7 Å². The zero-order chi connectivity index (χ0) is 26.5. The molecule has 0 aromatic heterocycles. The van der Waals surface area contributed by atoms with E-state index in [1.54, 1.807) is 44.2 Å². The van der Waals surface area contributed by atoms with Crippen LogP contribution in [0.1, 0.15) is 51.7 Å². The van der Waals surface area contributed by atoms with E-state index < -0.39 is 18.0 Å². The molecule has 36 heavy (non-hydrogen) atoms. The van der Waals surface area contributed by atoms with E-state index in [1.807, 2.05) is 24.3 Å². The average molecular weight is 494 g/mol. The zero-order valence-electron chi connectivity index (χ0n) is 21.4. The highest BCUT2D eigenvalue weighted by Crippen LogP contribution is 2.36. The van der Waals surface area contributed by atoms with Gasteiger partial charge in [-0.15, -0.1) is 0 Å². The van der Waals surface area contributed by atoms with Crippen LogP contribution in [0.25, 0.3) is 6.08 Å². The molecule has 1 heterocycles. The Hall–Kier alpha value is -3.65. The van der Waals surface area contributed by atoms with Gasteiger partial charge < -0.3 is 15.2 Å². The number of anilines is 2. The summed E-state index contributed by atoms with van der Waals surface area (Å²) >= 11 is 0. The van der Waals surface area contributed by atoms with E-state index in [0.717, 1.165) is 11.1 Å². The van der Waals surface area contributed by atoms with Gasteiger partial charge in [0, 0.05) is 30.6 Å². The monoisotopic (exact) mass is 493 g/mol. The Morgan fingerprint density at radius 1 is 1.00 bits per heavy atom. The van der Waals surface area contributed by atoms with Crippen molar-refractivity contribution in [1.29, 1.82) is 0 Å². The predicted molar refractivity (Wildman–Crippen MR) is 141 cm³/mol. The second kappa shape index (κ2) is 11.4. The van der Waals surface area contributed by atoms with Gasteiger partial charge in [0.2, 0.25) is 5.91 Å². The maximum absolute atomic E-state index is 12.5. The normalized spacial score (nSPS) is 18.4. The van der Waals surface area contributed by atoms with Crippen LogP contribution in [0.2, 0.25) is 0 Å². The van der Waals surface area contributed by atoms with E-state index in [4.69, 9.17) is 4.74 Å². The number of amides is 2. The smallest absolute Gasteiger partial charge is 0.411 e. The summed E-state index contributed by atoms with van der Waals surface area (Å²) in [7, 11) is 0. The van der Waals surface area contributed by atoms with Gasteiger partial charge in [-0.05, 0) is 64.0 Å². The predicted octanol–water partition coefficient (Wildman–Crippen LogP) is 5.19. The molecule has 2 atom stereocenters. The van der Waals surface area contributed by atoms with Gasteiger partial charge >= 0.3 is 12.1 Å². The van der Waals surface area contributed by atoms with Gasteiger partial charge in [0.25, 0.3) is 0 Å². The lowest BCUT2D eigenvalue weighted by Crippen LogP contribution is -2.40. The number of likely N-dealkylation sites (tertiary alicyclic amines) is 1. The second-order valence-electron chi connectivity index (χ2n) is 10.2. The molecule has 2 aromatic carbocycles. The molecular formula is C28H35N3O5. The lowest BCUT2D eigenvalue weighted by molar-refractivity contribution is -0.141. The highest BCUT2D eigenvalue weighted by atomic mass is 16.6. The van der Waals surface area contributed by atoms with Gasteiger partial charge in [-0.1, -0.05) is 36.4 Å². The van der Waals surface area contributed by atoms with Gasteiger partial charge in [-0.2, -0.15) is 0 Å². The Morgan fingerprint density at radius 3 is 2.17 bits per heavy atom. The van der Waals surface area contributed by atoms with Gasteiger partial charge in [-0.3, -0.25) is 19.8 Å². The Kier molecular flexibility index (Phi) is 8.53. The quantitative estimate of drug-likeness (QED) is 0.458. The topological polar surface area (TPSA) is 108 Å². The number of carboxylic acid groups (broad SMARTS) is 1. The van der Waals surface area contributed by atoms with Crippen molar-refractivity contribution in [2.24, 2.45) is 5.92 Å². The summed E-state index contributed by atoms with van der Waals surface area (Å²) in [5.74, 6) is -1.68. The minimum atomic E-state index is -0.778. The molecule has 0 aliphatic carbocycles. The average Bonchev–Trinajstić information content (AvgIpc) is 3.25. The maximum Gasteiger partial charge on any atom is 0.411 e. The van der Waals surface area contributed by atoms with Crippen LogP contribution in [0.3, 0.4) is 0 Å². The van der Waals surface area contributed by atoms with Crippen LogP contribution >= 0.6 is 0 Å². The molecular weight excluding hydrogens is 458 g/mol. The third-order valence-corrected chi connectivity index (χ3v) is 6.14. The number of carbonyl (C=O) groups is 3. The molecule has 2 aromatic rings. The Labute approximate surface area is 212 Å². The summed E-state index contributed by atoms with van der Waals surface area (Å²) in [6.07, 6.45) is 2.24. The first kappa shape index (κ1) is 26.9. The number of hydrogen-bond donors (Lipinski definition) is 3. The minimum absolute atomic E-state index is 0.0885. The van der Waals surface area contributed by atoms with E-state index in [0.29, 0.717) is 24.5 Å². The highest BCUT2D eigenvalue weighted by molar-refractivity contribution is 6.05. The van der Waals surface area contributed by atoms with Crippen molar-refractivity contribution in [3.05, 3.63) is 65.7 Å². The number of carboxylic acids is 1. The third-order valence-electron chi connectivity index (χ3n) is 6.14. The Balaban J connectivity index is 1.65. The van der Waals surface area contributed by atoms with E-state index in [1.165, 1.54) is 6.08 Å². The standard InChI is InChI=1S/C28H35N3O5/c1-18(2)36-27(35)30-24-9-7-6-8-23(24)29-25(32)15-12-19-10-13-20(14-11-19)21-16-31(28(3,4)5)17-22(21)26(33)34/h6-15,18,21-22H,16-17H2,1-5H3,(H,29,32)(H,30,35)(H,33,34). The molecule has 8 heteroatoms. The maximum atomic E-state index is 12.5. The Morgan fingerprint density at radius 2 is 1.61 bits per heavy atom. The first-order chi connectivity index (χ1) is 16.9. The van der Waals surface area contributed by atoms with Crippen molar-refractivity contribution in [3.8, 4) is 0 Å². The molecule has 1 aliphatic heterocycles. The second-order valence-corrected chi connectivity index (χ2v) is 10.2. The van der Waals surface area contributed by atoms with Gasteiger partial charge in [0.1, 0.15) is 0 Å². The fourth-order valence-electron chi connectivity index (χ4n) is 4.19. The fraction of sp³-hybridized carbons (Fsp3) is 0.393. The molecule has 0 spiro atoms. The first-order valence-corrected chi connectivity index (χ1v) is 12.1. The zero-order valence-corrected chi connectivity index (χ0v) is 21.4. The summed E-state index contributed by atoms with van der Waals surface area (Å²) in [6, 6.07) is 14.5. The lowest BCUT2D eigenvalue weighted by Gasteiger charge is -2.31. The highest BCUT2D eigenvalue weighted by Gasteiger charge is 2.41.